The van der Waals surface area contributed by atoms with Gasteiger partial charge in [-0.3, -0.25) is 43.2 Å². The summed E-state index contributed by atoms with van der Waals surface area (Å²) >= 11 is 0. The van der Waals surface area contributed by atoms with E-state index in [1.165, 1.54) is 6.92 Å². The van der Waals surface area contributed by atoms with Gasteiger partial charge >= 0.3 is 53.7 Å². The molecule has 0 amide bonds. The van der Waals surface area contributed by atoms with Gasteiger partial charge in [0.05, 0.1) is 12.7 Å². The van der Waals surface area contributed by atoms with Gasteiger partial charge in [0.1, 0.15) is 31.0 Å². The molecular weight excluding hydrogens is 816 g/mol. The predicted molar refractivity (Wildman–Crippen MR) is 186 cm³/mol. The summed E-state index contributed by atoms with van der Waals surface area (Å²) in [5.74, 6) is -8.40. The van der Waals surface area contributed by atoms with E-state index in [-0.39, 0.29) is 0 Å². The average molecular weight is 867 g/mol. The quantitative estimate of drug-likeness (QED) is 0.146. The van der Waals surface area contributed by atoms with Gasteiger partial charge in [-0.1, -0.05) is 0 Å². The predicted octanol–water partition coefficient (Wildman–Crippen LogP) is -1.41. The highest BCUT2D eigenvalue weighted by molar-refractivity contribution is 5.70. The molecule has 60 heavy (non-hydrogen) atoms. The lowest BCUT2D eigenvalue weighted by Gasteiger charge is -2.50. The SMILES string of the molecule is CC(=O)OC[C@H]1O[C@@H](O[C@H]2[C@@H](OC(C)=O)[C@@H](OC(C)=O)[C@H](OC(C)=O)O[C@@H]2CO)[C@H](OC(C)=O)[C@H](O[C@@H]2O[C@H](C)[C@@H](OC(C)=O)[C@H](OC(C)=O)[C@H]2OC(C)=O)[C@H]1OC(C)=O. The van der Waals surface area contributed by atoms with Crippen LogP contribution in [0.3, 0.4) is 0 Å². The largest absolute Gasteiger partial charge is 0.463 e. The van der Waals surface area contributed by atoms with Crippen molar-refractivity contribution in [3.8, 4) is 0 Å². The van der Waals surface area contributed by atoms with Crippen molar-refractivity contribution >= 4 is 53.7 Å². The highest BCUT2D eigenvalue weighted by Crippen LogP contribution is 2.38. The second-order valence-electron chi connectivity index (χ2n) is 13.6. The third-order valence-electron chi connectivity index (χ3n) is 8.52. The first kappa shape index (κ1) is 49.4. The molecule has 3 fully saturated rings. The van der Waals surface area contributed by atoms with Crippen molar-refractivity contribution in [3.05, 3.63) is 0 Å². The number of carbonyl (C=O) groups is 9. The summed E-state index contributed by atoms with van der Waals surface area (Å²) in [4.78, 5) is 111. The molecule has 0 radical (unpaired) electrons. The van der Waals surface area contributed by atoms with Gasteiger partial charge in [0.25, 0.3) is 0 Å². The maximum absolute atomic E-state index is 12.8. The molecule has 338 valence electrons. The van der Waals surface area contributed by atoms with Crippen molar-refractivity contribution < 1.29 is 115 Å². The number of aliphatic hydroxyl groups is 1. The first-order valence-electron chi connectivity index (χ1n) is 18.4. The van der Waals surface area contributed by atoms with Crippen LogP contribution in [0.15, 0.2) is 0 Å². The van der Waals surface area contributed by atoms with Crippen LogP contribution in [0.1, 0.15) is 69.2 Å². The molecule has 0 saturated carbocycles. The fraction of sp³-hybridized carbons (Fsp3) is 0.750. The maximum Gasteiger partial charge on any atom is 0.305 e. The molecule has 0 aromatic rings. The summed E-state index contributed by atoms with van der Waals surface area (Å²) in [5.41, 5.74) is 0. The molecule has 24 nitrogen and oxygen atoms in total. The van der Waals surface area contributed by atoms with Crippen LogP contribution >= 0.6 is 0 Å². The van der Waals surface area contributed by atoms with Gasteiger partial charge in [0, 0.05) is 62.3 Å². The van der Waals surface area contributed by atoms with E-state index in [4.69, 9.17) is 66.3 Å². The van der Waals surface area contributed by atoms with Crippen LogP contribution in [0, 0.1) is 0 Å². The zero-order valence-corrected chi connectivity index (χ0v) is 34.4. The molecule has 0 aromatic carbocycles. The monoisotopic (exact) mass is 866 g/mol. The summed E-state index contributed by atoms with van der Waals surface area (Å²) < 4.78 is 79.3. The standard InChI is InChI=1S/C36H50O24/c1-13-25(49-15(3)39)28(51-17(5)41)31(53-19(7)43)34(48-13)60-30-27(50-16(4)40)24(12-47-14(2)38)58-36(33(30)55-21(9)45)59-26-23(11-37)57-35(56-22(10)46)32(54-20(8)44)29(26)52-18(6)42/h13,23-37H,11-12H2,1-10H3/t13-,23-,24-,25-,26-,27+,28+,29-,30-,31-,32-,33-,34+,35-,36+/m1/s1. The Kier molecular flexibility index (Phi) is 18.1. The number of carbonyl (C=O) groups excluding carboxylic acids is 9. The third-order valence-corrected chi connectivity index (χ3v) is 8.52. The summed E-state index contributed by atoms with van der Waals surface area (Å²) in [7, 11) is 0. The zero-order valence-electron chi connectivity index (χ0n) is 34.4. The van der Waals surface area contributed by atoms with Gasteiger partial charge in [0.15, 0.2) is 49.2 Å². The van der Waals surface area contributed by atoms with Gasteiger partial charge < -0.3 is 71.4 Å². The summed E-state index contributed by atoms with van der Waals surface area (Å²) in [5, 5.41) is 10.5. The molecule has 3 rings (SSSR count). The second-order valence-corrected chi connectivity index (χ2v) is 13.6. The van der Waals surface area contributed by atoms with E-state index in [1.54, 1.807) is 0 Å². The molecule has 0 aliphatic carbocycles. The number of hydrogen-bond donors (Lipinski definition) is 1. The Hall–Kier alpha value is -5.01. The van der Waals surface area contributed by atoms with Crippen molar-refractivity contribution in [2.75, 3.05) is 13.2 Å². The lowest BCUT2D eigenvalue weighted by atomic mass is 9.95. The molecule has 0 bridgehead atoms. The number of hydrogen-bond acceptors (Lipinski definition) is 24. The minimum atomic E-state index is -1.98. The van der Waals surface area contributed by atoms with E-state index in [0.29, 0.717) is 0 Å². The van der Waals surface area contributed by atoms with Crippen LogP contribution in [-0.2, 0) is 109 Å². The highest BCUT2D eigenvalue weighted by Gasteiger charge is 2.59. The Morgan fingerprint density at radius 3 is 1.18 bits per heavy atom. The minimum Gasteiger partial charge on any atom is -0.463 e. The number of ether oxygens (including phenoxy) is 14. The Morgan fingerprint density at radius 2 is 0.733 bits per heavy atom. The van der Waals surface area contributed by atoms with Crippen molar-refractivity contribution in [2.45, 2.75) is 161 Å². The van der Waals surface area contributed by atoms with E-state index in [9.17, 15) is 48.3 Å². The van der Waals surface area contributed by atoms with Gasteiger partial charge in [0.2, 0.25) is 12.4 Å². The molecule has 3 heterocycles. The van der Waals surface area contributed by atoms with Crippen molar-refractivity contribution in [3.63, 3.8) is 0 Å². The zero-order chi connectivity index (χ0) is 45.2. The Labute approximate surface area is 342 Å². The van der Waals surface area contributed by atoms with Crippen molar-refractivity contribution in [1.82, 2.24) is 0 Å². The van der Waals surface area contributed by atoms with Gasteiger partial charge in [-0.05, 0) is 6.92 Å². The fourth-order valence-corrected chi connectivity index (χ4v) is 6.61. The Bertz CT molecular complexity index is 1600. The second kappa shape index (κ2) is 22.0. The highest BCUT2D eigenvalue weighted by atomic mass is 16.8. The number of esters is 9. The van der Waals surface area contributed by atoms with Gasteiger partial charge in [-0.15, -0.1) is 0 Å². The number of aliphatic hydroxyl groups excluding tert-OH is 1. The minimum absolute atomic E-state index is 0.706. The topological polar surface area (TPSA) is 303 Å². The molecule has 0 unspecified atom stereocenters. The molecule has 3 aliphatic rings. The van der Waals surface area contributed by atoms with Crippen LogP contribution in [0.25, 0.3) is 0 Å². The van der Waals surface area contributed by atoms with E-state index in [0.717, 1.165) is 62.3 Å². The molecule has 0 aromatic heterocycles. The van der Waals surface area contributed by atoms with Gasteiger partial charge in [-0.2, -0.15) is 0 Å². The first-order valence-corrected chi connectivity index (χ1v) is 18.4. The van der Waals surface area contributed by atoms with Crippen LogP contribution in [0.4, 0.5) is 0 Å². The lowest BCUT2D eigenvalue weighted by Crippen LogP contribution is -2.68. The maximum atomic E-state index is 12.8. The fourth-order valence-electron chi connectivity index (χ4n) is 6.61. The third kappa shape index (κ3) is 13.8. The summed E-state index contributed by atoms with van der Waals surface area (Å²) in [6.07, 6.45) is -25.4. The summed E-state index contributed by atoms with van der Waals surface area (Å²) in [6, 6.07) is 0. The van der Waals surface area contributed by atoms with Crippen LogP contribution in [0.5, 0.6) is 0 Å². The van der Waals surface area contributed by atoms with Gasteiger partial charge in [-0.25, -0.2) is 0 Å². The van der Waals surface area contributed by atoms with Crippen LogP contribution in [0.2, 0.25) is 0 Å². The molecule has 1 N–H and O–H groups in total. The van der Waals surface area contributed by atoms with E-state index in [1.807, 2.05) is 0 Å². The smallest absolute Gasteiger partial charge is 0.305 e. The van der Waals surface area contributed by atoms with E-state index >= 15 is 0 Å². The van der Waals surface area contributed by atoms with Crippen LogP contribution in [-0.4, -0.2) is 164 Å². The lowest BCUT2D eigenvalue weighted by molar-refractivity contribution is -0.378. The number of rotatable bonds is 15. The molecule has 24 heteroatoms. The Morgan fingerprint density at radius 1 is 0.383 bits per heavy atom. The molecule has 15 atom stereocenters. The normalized spacial score (nSPS) is 33.8. The molecular formula is C36H50O24. The van der Waals surface area contributed by atoms with E-state index < -0.39 is 159 Å². The van der Waals surface area contributed by atoms with Crippen molar-refractivity contribution in [1.29, 1.82) is 0 Å². The average Bonchev–Trinajstić information content (AvgIpc) is 3.10. The Balaban J connectivity index is 2.26. The first-order chi connectivity index (χ1) is 28.0. The summed E-state index contributed by atoms with van der Waals surface area (Å²) in [6.45, 7) is 8.81. The van der Waals surface area contributed by atoms with Crippen LogP contribution < -0.4 is 0 Å². The molecule has 3 saturated heterocycles. The van der Waals surface area contributed by atoms with Crippen molar-refractivity contribution in [2.24, 2.45) is 0 Å². The molecule has 3 aliphatic heterocycles. The van der Waals surface area contributed by atoms with E-state index in [2.05, 4.69) is 0 Å². The molecule has 0 spiro atoms.